The zero-order valence-electron chi connectivity index (χ0n) is 14.0. The van der Waals surface area contributed by atoms with E-state index in [4.69, 9.17) is 0 Å². The van der Waals surface area contributed by atoms with Crippen LogP contribution in [-0.4, -0.2) is 39.5 Å². The second kappa shape index (κ2) is 6.17. The molecule has 1 aromatic rings. The molecule has 1 aliphatic carbocycles. The van der Waals surface area contributed by atoms with Crippen LogP contribution in [0.2, 0.25) is 0 Å². The van der Waals surface area contributed by atoms with Gasteiger partial charge in [0.25, 0.3) is 5.56 Å². The number of allylic oxidation sites excluding steroid dienone is 2. The van der Waals surface area contributed by atoms with E-state index in [2.05, 4.69) is 0 Å². The molecule has 25 heavy (non-hydrogen) atoms. The molecule has 3 heterocycles. The summed E-state index contributed by atoms with van der Waals surface area (Å²) in [5.74, 6) is -1.62. The fourth-order valence-electron chi connectivity index (χ4n) is 4.67. The topological polar surface area (TPSA) is 79.6 Å². The highest BCUT2D eigenvalue weighted by molar-refractivity contribution is 5.85. The number of piperidine rings is 1. The Labute approximate surface area is 145 Å². The summed E-state index contributed by atoms with van der Waals surface area (Å²) in [5.41, 5.74) is 1.02. The van der Waals surface area contributed by atoms with Gasteiger partial charge in [0.1, 0.15) is 0 Å². The number of carboxylic acids is 1. The van der Waals surface area contributed by atoms with Crippen molar-refractivity contribution >= 4 is 11.9 Å². The SMILES string of the molecule is O=C(O)[C@H]1CC=CC[C@@H]1C(=O)N1C[C@H]2C[C@H](C1)c1cccc(=O)n1C2. The summed E-state index contributed by atoms with van der Waals surface area (Å²) >= 11 is 0. The van der Waals surface area contributed by atoms with Crippen molar-refractivity contribution in [3.63, 3.8) is 0 Å². The lowest BCUT2D eigenvalue weighted by atomic mass is 9.79. The van der Waals surface area contributed by atoms with Crippen LogP contribution in [0.4, 0.5) is 0 Å². The lowest BCUT2D eigenvalue weighted by Gasteiger charge is -2.44. The number of aromatic nitrogens is 1. The molecule has 1 N–H and O–H groups in total. The summed E-state index contributed by atoms with van der Waals surface area (Å²) in [4.78, 5) is 38.5. The largest absolute Gasteiger partial charge is 0.481 e. The molecule has 0 aromatic carbocycles. The summed E-state index contributed by atoms with van der Waals surface area (Å²) in [6, 6.07) is 5.33. The fraction of sp³-hybridized carbons (Fsp3) is 0.526. The van der Waals surface area contributed by atoms with Crippen molar-refractivity contribution < 1.29 is 14.7 Å². The molecule has 2 aliphatic heterocycles. The molecule has 0 saturated carbocycles. The monoisotopic (exact) mass is 342 g/mol. The number of carbonyl (C=O) groups is 2. The minimum atomic E-state index is -0.892. The number of amides is 1. The van der Waals surface area contributed by atoms with Gasteiger partial charge in [-0.2, -0.15) is 0 Å². The van der Waals surface area contributed by atoms with Crippen molar-refractivity contribution in [2.24, 2.45) is 17.8 Å². The minimum absolute atomic E-state index is 0.0235. The highest BCUT2D eigenvalue weighted by Crippen LogP contribution is 2.37. The number of carboxylic acid groups (broad SMARTS) is 1. The van der Waals surface area contributed by atoms with E-state index in [1.807, 2.05) is 27.7 Å². The van der Waals surface area contributed by atoms with Crippen molar-refractivity contribution in [2.75, 3.05) is 13.1 Å². The van der Waals surface area contributed by atoms with Gasteiger partial charge < -0.3 is 14.6 Å². The molecule has 4 rings (SSSR count). The molecule has 0 unspecified atom stereocenters. The molecule has 3 aliphatic rings. The van der Waals surface area contributed by atoms with Gasteiger partial charge in [-0.25, -0.2) is 0 Å². The van der Waals surface area contributed by atoms with Crippen LogP contribution >= 0.6 is 0 Å². The van der Waals surface area contributed by atoms with Crippen molar-refractivity contribution in [3.05, 3.63) is 46.4 Å². The molecule has 1 fully saturated rings. The van der Waals surface area contributed by atoms with Crippen LogP contribution in [0.5, 0.6) is 0 Å². The fourth-order valence-corrected chi connectivity index (χ4v) is 4.67. The molecule has 4 atom stereocenters. The Kier molecular flexibility index (Phi) is 3.98. The number of fused-ring (bicyclic) bond motifs is 4. The number of rotatable bonds is 2. The van der Waals surface area contributed by atoms with Gasteiger partial charge in [-0.3, -0.25) is 14.4 Å². The van der Waals surface area contributed by atoms with Crippen LogP contribution in [0.25, 0.3) is 0 Å². The van der Waals surface area contributed by atoms with Gasteiger partial charge in [-0.15, -0.1) is 0 Å². The Hall–Kier alpha value is -2.37. The van der Waals surface area contributed by atoms with E-state index >= 15 is 0 Å². The molecule has 132 valence electrons. The number of nitrogens with zero attached hydrogens (tertiary/aromatic N) is 2. The van der Waals surface area contributed by atoms with Crippen molar-refractivity contribution in [1.82, 2.24) is 9.47 Å². The minimum Gasteiger partial charge on any atom is -0.481 e. The molecule has 0 radical (unpaired) electrons. The second-order valence-corrected chi connectivity index (χ2v) is 7.44. The maximum atomic E-state index is 13.0. The standard InChI is InChI=1S/C19H22N2O4/c22-17-7-3-6-16-13-8-12(10-21(16)17)9-20(11-13)18(23)14-4-1-2-5-15(14)19(24)25/h1-3,6-7,12-15H,4-5,8-11H2,(H,24,25)/t12-,13-,14+,15+/m1/s1. The average Bonchev–Trinajstić information content (AvgIpc) is 2.62. The molecular weight excluding hydrogens is 320 g/mol. The Morgan fingerprint density at radius 2 is 1.80 bits per heavy atom. The zero-order valence-corrected chi connectivity index (χ0v) is 14.0. The first-order valence-corrected chi connectivity index (χ1v) is 8.91. The van der Waals surface area contributed by atoms with E-state index < -0.39 is 17.8 Å². The number of hydrogen-bond acceptors (Lipinski definition) is 3. The number of pyridine rings is 1. The molecule has 6 heteroatoms. The number of hydrogen-bond donors (Lipinski definition) is 1. The molecule has 2 bridgehead atoms. The van der Waals surface area contributed by atoms with Gasteiger partial charge in [0.15, 0.2) is 0 Å². The van der Waals surface area contributed by atoms with E-state index in [0.717, 1.165) is 12.1 Å². The van der Waals surface area contributed by atoms with Gasteiger partial charge in [0, 0.05) is 37.3 Å². The highest BCUT2D eigenvalue weighted by atomic mass is 16.4. The summed E-state index contributed by atoms with van der Waals surface area (Å²) < 4.78 is 1.84. The Bertz CT molecular complexity index is 797. The van der Waals surface area contributed by atoms with E-state index in [1.165, 1.54) is 0 Å². The van der Waals surface area contributed by atoms with Gasteiger partial charge in [-0.1, -0.05) is 18.2 Å². The highest BCUT2D eigenvalue weighted by Gasteiger charge is 2.41. The van der Waals surface area contributed by atoms with Crippen molar-refractivity contribution in [1.29, 1.82) is 0 Å². The summed E-state index contributed by atoms with van der Waals surface area (Å²) in [5, 5.41) is 9.44. The normalized spacial score (nSPS) is 30.6. The Morgan fingerprint density at radius 1 is 1.04 bits per heavy atom. The third-order valence-electron chi connectivity index (χ3n) is 5.86. The molecule has 0 spiro atoms. The number of aliphatic carboxylic acids is 1. The van der Waals surface area contributed by atoms with Crippen LogP contribution in [0.3, 0.4) is 0 Å². The van der Waals surface area contributed by atoms with Gasteiger partial charge >= 0.3 is 5.97 Å². The lowest BCUT2D eigenvalue weighted by molar-refractivity contribution is -0.151. The summed E-state index contributed by atoms with van der Waals surface area (Å²) in [7, 11) is 0. The summed E-state index contributed by atoms with van der Waals surface area (Å²) in [6.45, 7) is 1.83. The van der Waals surface area contributed by atoms with Gasteiger partial charge in [0.05, 0.1) is 11.8 Å². The quantitative estimate of drug-likeness (QED) is 0.825. The first kappa shape index (κ1) is 16.1. The molecule has 1 saturated heterocycles. The van der Waals surface area contributed by atoms with Crippen LogP contribution in [0, 0.1) is 17.8 Å². The molecule has 1 amide bonds. The van der Waals surface area contributed by atoms with E-state index in [9.17, 15) is 19.5 Å². The lowest BCUT2D eigenvalue weighted by Crippen LogP contribution is -2.51. The Morgan fingerprint density at radius 3 is 2.56 bits per heavy atom. The Balaban J connectivity index is 1.58. The van der Waals surface area contributed by atoms with Crippen molar-refractivity contribution in [2.45, 2.75) is 31.7 Å². The zero-order chi connectivity index (χ0) is 17.6. The van der Waals surface area contributed by atoms with Crippen LogP contribution < -0.4 is 5.56 Å². The first-order chi connectivity index (χ1) is 12.0. The second-order valence-electron chi connectivity index (χ2n) is 7.44. The van der Waals surface area contributed by atoms with E-state index in [0.29, 0.717) is 32.5 Å². The van der Waals surface area contributed by atoms with Gasteiger partial charge in [0.2, 0.25) is 5.91 Å². The smallest absolute Gasteiger partial charge is 0.307 e. The maximum absolute atomic E-state index is 13.0. The predicted molar refractivity (Wildman–Crippen MR) is 91.1 cm³/mol. The molecular formula is C19H22N2O4. The molecule has 6 nitrogen and oxygen atoms in total. The average molecular weight is 342 g/mol. The summed E-state index contributed by atoms with van der Waals surface area (Å²) in [6.07, 6.45) is 5.68. The third kappa shape index (κ3) is 2.79. The predicted octanol–water partition coefficient (Wildman–Crippen LogP) is 1.46. The van der Waals surface area contributed by atoms with Crippen LogP contribution in [0.1, 0.15) is 30.9 Å². The van der Waals surface area contributed by atoms with Gasteiger partial charge in [-0.05, 0) is 31.2 Å². The van der Waals surface area contributed by atoms with Crippen LogP contribution in [-0.2, 0) is 16.1 Å². The number of likely N-dealkylation sites (tertiary alicyclic amines) is 1. The van der Waals surface area contributed by atoms with Crippen molar-refractivity contribution in [3.8, 4) is 0 Å². The molecule has 1 aromatic heterocycles. The maximum Gasteiger partial charge on any atom is 0.307 e. The van der Waals surface area contributed by atoms with E-state index in [1.54, 1.807) is 12.1 Å². The first-order valence-electron chi connectivity index (χ1n) is 8.91. The third-order valence-corrected chi connectivity index (χ3v) is 5.86. The van der Waals surface area contributed by atoms with E-state index in [-0.39, 0.29) is 23.3 Å². The van der Waals surface area contributed by atoms with Crippen LogP contribution in [0.15, 0.2) is 35.1 Å². The number of carbonyl (C=O) groups excluding carboxylic acids is 1.